The molecule has 7 nitrogen and oxygen atoms in total. The first-order valence-corrected chi connectivity index (χ1v) is 10.9. The molecule has 6 N–H and O–H groups in total. The molecule has 0 saturated heterocycles. The van der Waals surface area contributed by atoms with Gasteiger partial charge in [-0.15, -0.1) is 5.11 Å². The van der Waals surface area contributed by atoms with E-state index in [1.54, 1.807) is 66.7 Å². The van der Waals surface area contributed by atoms with Crippen molar-refractivity contribution in [1.82, 2.24) is 0 Å². The molecule has 1 heterocycles. The van der Waals surface area contributed by atoms with Gasteiger partial charge in [-0.1, -0.05) is 41.6 Å². The largest absolute Gasteiger partial charge is 0.399 e. The van der Waals surface area contributed by atoms with Crippen LogP contribution in [0.4, 0.5) is 17.1 Å². The summed E-state index contributed by atoms with van der Waals surface area (Å²) < 4.78 is 43.0. The molecule has 7 heteroatoms. The summed E-state index contributed by atoms with van der Waals surface area (Å²) >= 11 is 0. The smallest absolute Gasteiger partial charge is 0.220 e. The molecule has 0 radical (unpaired) electrons. The normalized spacial score (nSPS) is 14.2. The lowest BCUT2D eigenvalue weighted by Crippen LogP contribution is -2.36. The average Bonchev–Trinajstić information content (AvgIpc) is 2.92. The molecular weight excluding hydrogens is 434 g/mol. The molecule has 0 aliphatic heterocycles. The van der Waals surface area contributed by atoms with E-state index in [0.29, 0.717) is 50.2 Å². The first-order valence-electron chi connectivity index (χ1n) is 13.4. The van der Waals surface area contributed by atoms with Gasteiger partial charge in [0, 0.05) is 32.4 Å². The first-order chi connectivity index (χ1) is 19.0. The van der Waals surface area contributed by atoms with Crippen molar-refractivity contribution >= 4 is 44.6 Å². The Morgan fingerprint density at radius 1 is 0.971 bits per heavy atom. The number of pyridine rings is 1. The first kappa shape index (κ1) is 16.8. The highest BCUT2D eigenvalue weighted by Crippen LogP contribution is 2.34. The highest BCUT2D eigenvalue weighted by atomic mass is 15.4. The van der Waals surface area contributed by atoms with E-state index < -0.39 is 13.3 Å². The number of benzene rings is 4. The number of nitrogens with one attached hydrogen (secondary N) is 2. The van der Waals surface area contributed by atoms with E-state index in [1.807, 2.05) is 24.3 Å². The van der Waals surface area contributed by atoms with Crippen LogP contribution >= 0.6 is 0 Å². The summed E-state index contributed by atoms with van der Waals surface area (Å²) in [5.74, 6) is -0.0669. The number of anilines is 2. The van der Waals surface area contributed by atoms with Crippen molar-refractivity contribution < 1.29 is 11.4 Å². The number of aromatic nitrogens is 1. The van der Waals surface area contributed by atoms with E-state index in [1.165, 1.54) is 4.57 Å². The minimum Gasteiger partial charge on any atom is -0.399 e. The van der Waals surface area contributed by atoms with Gasteiger partial charge in [-0.25, -0.2) is 0 Å². The third kappa shape index (κ3) is 4.27. The Morgan fingerprint density at radius 3 is 2.60 bits per heavy atom. The van der Waals surface area contributed by atoms with E-state index >= 15 is 0 Å². The minimum atomic E-state index is -2.98. The zero-order chi connectivity index (χ0) is 28.7. The predicted molar refractivity (Wildman–Crippen MR) is 143 cm³/mol. The van der Waals surface area contributed by atoms with Crippen molar-refractivity contribution in [3.63, 3.8) is 0 Å². The molecule has 0 aliphatic carbocycles. The topological polar surface area (TPSA) is 117 Å². The van der Waals surface area contributed by atoms with Gasteiger partial charge in [0.1, 0.15) is 15.1 Å². The second-order valence-electron chi connectivity index (χ2n) is 7.97. The van der Waals surface area contributed by atoms with Crippen LogP contribution in [0.25, 0.3) is 32.9 Å². The van der Waals surface area contributed by atoms with Gasteiger partial charge in [0.15, 0.2) is 0 Å². The number of aryl methyl sites for hydroxylation is 1. The van der Waals surface area contributed by atoms with Gasteiger partial charge in [0.25, 0.3) is 0 Å². The number of nitrogens with two attached hydrogens (primary N) is 2. The zero-order valence-corrected chi connectivity index (χ0v) is 18.7. The third-order valence-corrected chi connectivity index (χ3v) is 5.71. The molecular formula is C28H26N7+. The van der Waals surface area contributed by atoms with E-state index in [-0.39, 0.29) is 5.84 Å². The molecule has 4 aromatic carbocycles. The zero-order valence-electron chi connectivity index (χ0n) is 23.7. The van der Waals surface area contributed by atoms with Gasteiger partial charge in [-0.3, -0.25) is 10.8 Å². The molecule has 35 heavy (non-hydrogen) atoms. The van der Waals surface area contributed by atoms with Crippen LogP contribution < -0.4 is 21.5 Å². The lowest BCUT2D eigenvalue weighted by molar-refractivity contribution is -0.655. The molecule has 0 bridgehead atoms. The van der Waals surface area contributed by atoms with Gasteiger partial charge in [0.2, 0.25) is 11.2 Å². The number of nitrogens with zero attached hydrogens (tertiary/aromatic N) is 3. The van der Waals surface area contributed by atoms with Crippen molar-refractivity contribution in [3.8, 4) is 11.3 Å². The summed E-state index contributed by atoms with van der Waals surface area (Å²) in [5.41, 5.74) is 17.8. The summed E-state index contributed by atoms with van der Waals surface area (Å²) in [6, 6.07) is 26.4. The number of nitrogen functional groups attached to an aromatic ring is 2. The van der Waals surface area contributed by atoms with E-state index in [4.69, 9.17) is 23.7 Å². The number of hydrogen-bond acceptors (Lipinski definition) is 4. The molecule has 0 saturated carbocycles. The number of fused-ring (bicyclic) bond motifs is 3. The van der Waals surface area contributed by atoms with Crippen LogP contribution in [0, 0.1) is 5.41 Å². The maximum Gasteiger partial charge on any atom is 0.220 e. The van der Waals surface area contributed by atoms with Crippen molar-refractivity contribution in [2.24, 2.45) is 16.1 Å². The monoisotopic (exact) mass is 465 g/mol. The molecule has 0 fully saturated rings. The Balaban J connectivity index is 1.75. The Morgan fingerprint density at radius 2 is 1.80 bits per heavy atom. The van der Waals surface area contributed by atoms with Crippen LogP contribution in [0.1, 0.15) is 19.3 Å². The molecule has 0 unspecified atom stereocenters. The van der Waals surface area contributed by atoms with Gasteiger partial charge in [-0.05, 0) is 55.4 Å². The van der Waals surface area contributed by atoms with Crippen LogP contribution in [-0.2, 0) is 6.50 Å². The Hall–Kier alpha value is -4.78. The quantitative estimate of drug-likeness (QED) is 0.0472. The lowest BCUT2D eigenvalue weighted by atomic mass is 9.98. The Bertz CT molecular complexity index is 1780. The van der Waals surface area contributed by atoms with Gasteiger partial charge in [-0.2, -0.15) is 4.57 Å². The van der Waals surface area contributed by atoms with E-state index in [2.05, 4.69) is 15.8 Å². The third-order valence-electron chi connectivity index (χ3n) is 5.71. The highest BCUT2D eigenvalue weighted by molar-refractivity contribution is 6.10. The van der Waals surface area contributed by atoms with Crippen LogP contribution in [-0.4, -0.2) is 5.84 Å². The summed E-state index contributed by atoms with van der Waals surface area (Å²) in [7, 11) is 0. The van der Waals surface area contributed by atoms with Crippen molar-refractivity contribution in [2.45, 2.75) is 13.3 Å². The molecule has 1 aromatic heterocycles. The van der Waals surface area contributed by atoms with Gasteiger partial charge in [0.05, 0.1) is 22.1 Å². The van der Waals surface area contributed by atoms with E-state index in [9.17, 15) is 0 Å². The fraction of sp³-hybridized carbons (Fsp3) is 0.0714. The minimum absolute atomic E-state index is 0.0669. The predicted octanol–water partition coefficient (Wildman–Crippen LogP) is 5.94. The maximum atomic E-state index is 8.79. The standard InChI is InChI=1S/C28H25N7/c1-2-35-26-16-20(29)11-13-24(26)23-14-12-22(17-25(23)27(35)18-7-4-3-5-8-18)33-34-32-21-10-6-9-19(15-21)28(30)31/h3-17,29H,2H2,1H3,(H4,30,31,32,33)/p+1/i1D3,2D2. The maximum absolute atomic E-state index is 8.79. The molecule has 172 valence electrons. The molecule has 0 aliphatic rings. The Labute approximate surface area is 210 Å². The summed E-state index contributed by atoms with van der Waals surface area (Å²) in [4.78, 5) is 0. The van der Waals surface area contributed by atoms with Gasteiger partial charge >= 0.3 is 0 Å². The molecule has 0 spiro atoms. The second kappa shape index (κ2) is 9.23. The average molecular weight is 466 g/mol. The van der Waals surface area contributed by atoms with E-state index in [0.717, 1.165) is 5.39 Å². The number of rotatable bonds is 6. The molecule has 0 atom stereocenters. The summed E-state index contributed by atoms with van der Waals surface area (Å²) in [5, 5.41) is 18.0. The van der Waals surface area contributed by atoms with Crippen molar-refractivity contribution in [2.75, 3.05) is 11.2 Å². The molecule has 5 rings (SSSR count). The van der Waals surface area contributed by atoms with Crippen LogP contribution in [0.3, 0.4) is 0 Å². The van der Waals surface area contributed by atoms with Crippen molar-refractivity contribution in [3.05, 3.63) is 96.6 Å². The van der Waals surface area contributed by atoms with Gasteiger partial charge < -0.3 is 11.5 Å². The fourth-order valence-corrected chi connectivity index (χ4v) is 4.12. The molecule has 0 amide bonds. The second-order valence-corrected chi connectivity index (χ2v) is 7.97. The Kier molecular flexibility index (Phi) is 4.42. The lowest BCUT2D eigenvalue weighted by Gasteiger charge is -2.12. The number of amidine groups is 1. The highest BCUT2D eigenvalue weighted by Gasteiger charge is 2.22. The fourth-order valence-electron chi connectivity index (χ4n) is 4.12. The summed E-state index contributed by atoms with van der Waals surface area (Å²) in [6.07, 6.45) is 0. The molecule has 5 aromatic rings. The summed E-state index contributed by atoms with van der Waals surface area (Å²) in [6.45, 7) is -5.76. The number of hydrogen-bond donors (Lipinski definition) is 4. The SMILES string of the molecule is [2H]C([2H])([2H])C([2H])([2H])[n+]1c(-c2ccccc2)c2cc(N=NNc3cccc(C(=N)N)c3)ccc2c2ccc(N)cc21. The van der Waals surface area contributed by atoms with Crippen LogP contribution in [0.15, 0.2) is 101 Å². The van der Waals surface area contributed by atoms with Crippen LogP contribution in [0.5, 0.6) is 0 Å². The van der Waals surface area contributed by atoms with Crippen LogP contribution in [0.2, 0.25) is 0 Å². The van der Waals surface area contributed by atoms with Crippen molar-refractivity contribution in [1.29, 1.82) is 5.41 Å².